The zero-order chi connectivity index (χ0) is 21.1. The Morgan fingerprint density at radius 2 is 2.03 bits per heavy atom. The number of aromatic carboxylic acids is 1. The van der Waals surface area contributed by atoms with E-state index in [2.05, 4.69) is 21.0 Å². The van der Waals surface area contributed by atoms with E-state index in [1.807, 2.05) is 4.90 Å². The van der Waals surface area contributed by atoms with Crippen LogP contribution in [0.3, 0.4) is 0 Å². The number of carboxylic acids is 1. The molecule has 2 saturated heterocycles. The van der Waals surface area contributed by atoms with Crippen LogP contribution in [0.5, 0.6) is 0 Å². The number of nitriles is 1. The molecule has 2 aromatic heterocycles. The van der Waals surface area contributed by atoms with Gasteiger partial charge in [-0.05, 0) is 30.5 Å². The summed E-state index contributed by atoms with van der Waals surface area (Å²) in [6.45, 7) is 1.60. The van der Waals surface area contributed by atoms with Gasteiger partial charge in [-0.3, -0.25) is 14.6 Å². The van der Waals surface area contributed by atoms with Crippen molar-refractivity contribution in [1.29, 1.82) is 5.26 Å². The Hall–Kier alpha value is -3.58. The van der Waals surface area contributed by atoms with E-state index in [4.69, 9.17) is 15.2 Å². The highest BCUT2D eigenvalue weighted by atomic mass is 16.7. The van der Waals surface area contributed by atoms with Gasteiger partial charge in [-0.2, -0.15) is 5.26 Å². The van der Waals surface area contributed by atoms with E-state index >= 15 is 0 Å². The molecule has 154 valence electrons. The molecule has 30 heavy (non-hydrogen) atoms. The monoisotopic (exact) mass is 408 g/mol. The molecule has 2 aliphatic heterocycles. The minimum absolute atomic E-state index is 0.0755. The lowest BCUT2D eigenvalue weighted by atomic mass is 9.94. The van der Waals surface area contributed by atoms with Crippen molar-refractivity contribution in [2.75, 3.05) is 24.6 Å². The number of rotatable bonds is 4. The van der Waals surface area contributed by atoms with Crippen molar-refractivity contribution in [3.8, 4) is 6.07 Å². The third kappa shape index (κ3) is 3.92. The van der Waals surface area contributed by atoms with Gasteiger partial charge in [0.2, 0.25) is 11.7 Å². The number of carbonyl (C=O) groups is 2. The highest BCUT2D eigenvalue weighted by Gasteiger charge is 2.37. The molecular formula is C20H20N6O4. The minimum atomic E-state index is -1.17. The summed E-state index contributed by atoms with van der Waals surface area (Å²) in [4.78, 5) is 43.7. The number of pyridine rings is 1. The number of hydrogen-bond acceptors (Lipinski definition) is 8. The Labute approximate surface area is 172 Å². The molecular weight excluding hydrogens is 388 g/mol. The summed E-state index contributed by atoms with van der Waals surface area (Å²) in [6, 6.07) is 5.23. The number of nitrogens with zero attached hydrogens (tertiary/aromatic N) is 6. The number of anilines is 1. The smallest absolute Gasteiger partial charge is 0.374 e. The molecule has 0 spiro atoms. The zero-order valence-corrected chi connectivity index (χ0v) is 16.1. The summed E-state index contributed by atoms with van der Waals surface area (Å²) in [5.74, 6) is -1.15. The summed E-state index contributed by atoms with van der Waals surface area (Å²) in [7, 11) is 0. The van der Waals surface area contributed by atoms with Crippen LogP contribution in [0.2, 0.25) is 0 Å². The molecule has 0 saturated carbocycles. The lowest BCUT2D eigenvalue weighted by molar-refractivity contribution is -0.182. The first-order valence-electron chi connectivity index (χ1n) is 9.69. The molecule has 10 nitrogen and oxygen atoms in total. The maximum atomic E-state index is 13.1. The molecule has 2 aromatic rings. The van der Waals surface area contributed by atoms with Gasteiger partial charge in [0, 0.05) is 44.0 Å². The Morgan fingerprint density at radius 3 is 2.77 bits per heavy atom. The van der Waals surface area contributed by atoms with E-state index in [1.165, 1.54) is 17.5 Å². The third-order valence-electron chi connectivity index (χ3n) is 5.40. The predicted molar refractivity (Wildman–Crippen MR) is 103 cm³/mol. The number of carboxylic acid groups (broad SMARTS) is 1. The molecule has 4 heterocycles. The Kier molecular flexibility index (Phi) is 5.54. The van der Waals surface area contributed by atoms with Crippen molar-refractivity contribution < 1.29 is 19.5 Å². The largest absolute Gasteiger partial charge is 0.475 e. The summed E-state index contributed by atoms with van der Waals surface area (Å²) < 4.78 is 0. The fourth-order valence-electron chi connectivity index (χ4n) is 3.85. The van der Waals surface area contributed by atoms with Crippen LogP contribution in [0.1, 0.15) is 47.1 Å². The highest BCUT2D eigenvalue weighted by Crippen LogP contribution is 2.33. The average molecular weight is 408 g/mol. The first-order chi connectivity index (χ1) is 14.6. The molecule has 0 radical (unpaired) electrons. The third-order valence-corrected chi connectivity index (χ3v) is 5.40. The number of amides is 1. The van der Waals surface area contributed by atoms with Gasteiger partial charge in [0.15, 0.2) is 0 Å². The van der Waals surface area contributed by atoms with Crippen molar-refractivity contribution in [1.82, 2.24) is 20.0 Å². The van der Waals surface area contributed by atoms with Crippen LogP contribution < -0.4 is 4.90 Å². The number of hydrogen-bond donors (Lipinski definition) is 1. The van der Waals surface area contributed by atoms with Crippen LogP contribution >= 0.6 is 0 Å². The Bertz CT molecular complexity index is 999. The second kappa shape index (κ2) is 8.42. The van der Waals surface area contributed by atoms with Gasteiger partial charge in [0.1, 0.15) is 11.9 Å². The van der Waals surface area contributed by atoms with E-state index in [9.17, 15) is 9.59 Å². The van der Waals surface area contributed by atoms with Gasteiger partial charge in [0.25, 0.3) is 0 Å². The zero-order valence-electron chi connectivity index (χ0n) is 16.1. The summed E-state index contributed by atoms with van der Waals surface area (Å²) in [5, 5.41) is 19.6. The van der Waals surface area contributed by atoms with Crippen LogP contribution in [0.15, 0.2) is 30.7 Å². The van der Waals surface area contributed by atoms with Crippen molar-refractivity contribution in [2.45, 2.75) is 25.3 Å². The first-order valence-corrected chi connectivity index (χ1v) is 9.69. The van der Waals surface area contributed by atoms with Gasteiger partial charge in [0.05, 0.1) is 18.2 Å². The van der Waals surface area contributed by atoms with E-state index in [0.717, 1.165) is 5.56 Å². The molecule has 0 aliphatic carbocycles. The van der Waals surface area contributed by atoms with E-state index in [0.29, 0.717) is 50.3 Å². The van der Waals surface area contributed by atoms with Gasteiger partial charge in [-0.1, -0.05) is 0 Å². The van der Waals surface area contributed by atoms with Crippen LogP contribution in [0, 0.1) is 17.2 Å². The maximum absolute atomic E-state index is 13.1. The normalized spacial score (nSPS) is 19.5. The molecule has 0 unspecified atom stereocenters. The second-order valence-electron chi connectivity index (χ2n) is 7.23. The van der Waals surface area contributed by atoms with Crippen molar-refractivity contribution >= 4 is 17.7 Å². The van der Waals surface area contributed by atoms with E-state index in [1.54, 1.807) is 18.3 Å². The Balaban J connectivity index is 1.42. The van der Waals surface area contributed by atoms with Gasteiger partial charge in [-0.25, -0.2) is 19.8 Å². The van der Waals surface area contributed by atoms with Crippen molar-refractivity contribution in [3.63, 3.8) is 0 Å². The maximum Gasteiger partial charge on any atom is 0.374 e. The average Bonchev–Trinajstić information content (AvgIpc) is 3.29. The van der Waals surface area contributed by atoms with Crippen molar-refractivity contribution in [2.24, 2.45) is 5.92 Å². The van der Waals surface area contributed by atoms with Gasteiger partial charge >= 0.3 is 5.97 Å². The van der Waals surface area contributed by atoms with Gasteiger partial charge in [-0.15, -0.1) is 0 Å². The number of carbonyl (C=O) groups excluding carboxylic acids is 1. The number of hydroxylamine groups is 2. The molecule has 2 aliphatic rings. The van der Waals surface area contributed by atoms with Gasteiger partial charge < -0.3 is 10.0 Å². The van der Waals surface area contributed by atoms with Crippen LogP contribution in [-0.2, 0) is 9.63 Å². The number of aromatic nitrogens is 3. The summed E-state index contributed by atoms with van der Waals surface area (Å²) in [5.41, 5.74) is 1.24. The molecule has 10 heteroatoms. The van der Waals surface area contributed by atoms with E-state index < -0.39 is 5.97 Å². The molecule has 0 aromatic carbocycles. The molecule has 4 rings (SSSR count). The molecule has 1 amide bonds. The van der Waals surface area contributed by atoms with E-state index in [-0.39, 0.29) is 23.7 Å². The fourth-order valence-corrected chi connectivity index (χ4v) is 3.85. The standard InChI is InChI=1S/C20H20N6O4/c21-10-13-9-15(12-22-11-13)16-4-8-30-26(16)19(27)14-2-6-25(7-3-14)17-1-5-23-18(24-17)20(28)29/h1,5,9,11-12,14,16H,2-4,6-8H2,(H,28,29)/t16-/m0/s1. The quantitative estimate of drug-likeness (QED) is 0.800. The SMILES string of the molecule is N#Cc1cncc([C@@H]2CCON2C(=O)C2CCN(c3ccnc(C(=O)O)n3)CC2)c1. The number of piperidine rings is 1. The van der Waals surface area contributed by atoms with Crippen LogP contribution in [0.25, 0.3) is 0 Å². The van der Waals surface area contributed by atoms with Crippen LogP contribution in [-0.4, -0.2) is 56.7 Å². The van der Waals surface area contributed by atoms with Crippen LogP contribution in [0.4, 0.5) is 5.82 Å². The fraction of sp³-hybridized carbons (Fsp3) is 0.400. The minimum Gasteiger partial charge on any atom is -0.475 e. The predicted octanol–water partition coefficient (Wildman–Crippen LogP) is 1.56. The lowest BCUT2D eigenvalue weighted by Crippen LogP contribution is -2.42. The highest BCUT2D eigenvalue weighted by molar-refractivity contribution is 5.83. The molecule has 0 bridgehead atoms. The summed E-state index contributed by atoms with van der Waals surface area (Å²) >= 11 is 0. The molecule has 2 fully saturated rings. The topological polar surface area (TPSA) is 133 Å². The lowest BCUT2D eigenvalue weighted by Gasteiger charge is -2.34. The second-order valence-corrected chi connectivity index (χ2v) is 7.23. The molecule has 1 atom stereocenters. The molecule has 1 N–H and O–H groups in total. The summed E-state index contributed by atoms with van der Waals surface area (Å²) in [6.07, 6.45) is 6.44. The van der Waals surface area contributed by atoms with Crippen molar-refractivity contribution in [3.05, 3.63) is 47.7 Å². The first kappa shape index (κ1) is 19.7. The Morgan fingerprint density at radius 1 is 1.23 bits per heavy atom.